The zero-order valence-corrected chi connectivity index (χ0v) is 11.9. The van der Waals surface area contributed by atoms with Crippen molar-refractivity contribution in [3.63, 3.8) is 0 Å². The largest absolute Gasteiger partial charge is 0.385 e. The first-order valence-electron chi connectivity index (χ1n) is 6.53. The van der Waals surface area contributed by atoms with E-state index in [1.165, 1.54) is 0 Å². The maximum Gasteiger partial charge on any atom is 0.251 e. The summed E-state index contributed by atoms with van der Waals surface area (Å²) in [5, 5.41) is 5.92. The number of carbonyl (C=O) groups excluding carboxylic acids is 2. The van der Waals surface area contributed by atoms with Crippen LogP contribution in [0.1, 0.15) is 22.8 Å². The predicted octanol–water partition coefficient (Wildman–Crippen LogP) is 0.659. The smallest absolute Gasteiger partial charge is 0.251 e. The second-order valence-corrected chi connectivity index (χ2v) is 4.33. The van der Waals surface area contributed by atoms with Crippen LogP contribution in [0.5, 0.6) is 0 Å². The van der Waals surface area contributed by atoms with Crippen molar-refractivity contribution in [1.29, 1.82) is 0 Å². The lowest BCUT2D eigenvalue weighted by atomic mass is 10.1. The molecule has 0 atom stereocenters. The molecule has 0 aliphatic carbocycles. The maximum absolute atomic E-state index is 12.0. The normalized spacial score (nSPS) is 10.1. The fraction of sp³-hybridized carbons (Fsp3) is 0.429. The van der Waals surface area contributed by atoms with E-state index in [9.17, 15) is 9.59 Å². The minimum absolute atomic E-state index is 0.133. The summed E-state index contributed by atoms with van der Waals surface area (Å²) in [7, 11) is 0. The third-order valence-electron chi connectivity index (χ3n) is 2.63. The van der Waals surface area contributed by atoms with Gasteiger partial charge in [0.05, 0.1) is 6.61 Å². The van der Waals surface area contributed by atoms with E-state index in [-0.39, 0.29) is 19.1 Å². The number of ether oxygens (including phenoxy) is 1. The van der Waals surface area contributed by atoms with Crippen molar-refractivity contribution in [3.05, 3.63) is 29.3 Å². The Morgan fingerprint density at radius 2 is 2.10 bits per heavy atom. The SMILES string of the molecule is CCNc1ccc(C(=O)NCCOCC(N)=O)c(C)c1. The number of hydrogen-bond donors (Lipinski definition) is 3. The van der Waals surface area contributed by atoms with Crippen molar-refractivity contribution >= 4 is 17.5 Å². The molecule has 0 heterocycles. The molecule has 1 aromatic carbocycles. The first kappa shape index (κ1) is 16.0. The van der Waals surface area contributed by atoms with Gasteiger partial charge >= 0.3 is 0 Å². The topological polar surface area (TPSA) is 93.4 Å². The molecular formula is C14H21N3O3. The second kappa shape index (κ2) is 8.16. The van der Waals surface area contributed by atoms with Gasteiger partial charge in [0.25, 0.3) is 5.91 Å². The molecule has 20 heavy (non-hydrogen) atoms. The summed E-state index contributed by atoms with van der Waals surface area (Å²) in [5.41, 5.74) is 7.45. The molecule has 0 aromatic heterocycles. The third-order valence-corrected chi connectivity index (χ3v) is 2.63. The molecular weight excluding hydrogens is 258 g/mol. The number of anilines is 1. The first-order chi connectivity index (χ1) is 9.54. The molecule has 1 rings (SSSR count). The van der Waals surface area contributed by atoms with E-state index >= 15 is 0 Å². The van der Waals surface area contributed by atoms with Crippen molar-refractivity contribution in [2.45, 2.75) is 13.8 Å². The second-order valence-electron chi connectivity index (χ2n) is 4.33. The maximum atomic E-state index is 12.0. The highest BCUT2D eigenvalue weighted by atomic mass is 16.5. The first-order valence-corrected chi connectivity index (χ1v) is 6.53. The Labute approximate surface area is 118 Å². The molecule has 0 aliphatic rings. The number of amides is 2. The summed E-state index contributed by atoms with van der Waals surface area (Å²) in [4.78, 5) is 22.4. The van der Waals surface area contributed by atoms with Crippen molar-refractivity contribution in [2.24, 2.45) is 5.73 Å². The average molecular weight is 279 g/mol. The minimum Gasteiger partial charge on any atom is -0.385 e. The van der Waals surface area contributed by atoms with Crippen molar-refractivity contribution in [1.82, 2.24) is 5.32 Å². The van der Waals surface area contributed by atoms with Crippen molar-refractivity contribution in [3.8, 4) is 0 Å². The summed E-state index contributed by atoms with van der Waals surface area (Å²) < 4.78 is 4.96. The summed E-state index contributed by atoms with van der Waals surface area (Å²) in [6, 6.07) is 5.59. The van der Waals surface area contributed by atoms with E-state index in [1.807, 2.05) is 26.0 Å². The number of carbonyl (C=O) groups is 2. The third kappa shape index (κ3) is 5.27. The van der Waals surface area contributed by atoms with Gasteiger partial charge in [0.15, 0.2) is 0 Å². The Balaban J connectivity index is 2.45. The molecule has 6 heteroatoms. The van der Waals surface area contributed by atoms with Crippen LogP contribution >= 0.6 is 0 Å². The number of rotatable bonds is 8. The number of benzene rings is 1. The van der Waals surface area contributed by atoms with E-state index in [0.29, 0.717) is 12.1 Å². The number of aryl methyl sites for hydroxylation is 1. The van der Waals surface area contributed by atoms with Crippen LogP contribution in [0.3, 0.4) is 0 Å². The average Bonchev–Trinajstić information content (AvgIpc) is 2.38. The monoisotopic (exact) mass is 279 g/mol. The van der Waals surface area contributed by atoms with Gasteiger partial charge in [0.1, 0.15) is 6.61 Å². The van der Waals surface area contributed by atoms with Crippen LogP contribution in [-0.4, -0.2) is 38.1 Å². The molecule has 0 radical (unpaired) electrons. The Hall–Kier alpha value is -2.08. The van der Waals surface area contributed by atoms with E-state index < -0.39 is 5.91 Å². The lowest BCUT2D eigenvalue weighted by molar-refractivity contribution is -0.122. The summed E-state index contributed by atoms with van der Waals surface area (Å²) >= 11 is 0. The molecule has 0 spiro atoms. The van der Waals surface area contributed by atoms with Crippen LogP contribution in [0.25, 0.3) is 0 Å². The number of hydrogen-bond acceptors (Lipinski definition) is 4. The van der Waals surface area contributed by atoms with Crippen LogP contribution in [0.4, 0.5) is 5.69 Å². The van der Waals surface area contributed by atoms with Gasteiger partial charge in [-0.3, -0.25) is 9.59 Å². The molecule has 0 unspecified atom stereocenters. The Morgan fingerprint density at radius 1 is 1.35 bits per heavy atom. The lowest BCUT2D eigenvalue weighted by Crippen LogP contribution is -2.29. The van der Waals surface area contributed by atoms with Gasteiger partial charge in [0.2, 0.25) is 5.91 Å². The highest BCUT2D eigenvalue weighted by Gasteiger charge is 2.08. The molecule has 110 valence electrons. The highest BCUT2D eigenvalue weighted by molar-refractivity contribution is 5.96. The number of primary amides is 1. The van der Waals surface area contributed by atoms with Gasteiger partial charge in [0, 0.05) is 24.3 Å². The highest BCUT2D eigenvalue weighted by Crippen LogP contribution is 2.14. The van der Waals surface area contributed by atoms with E-state index in [1.54, 1.807) is 6.07 Å². The Morgan fingerprint density at radius 3 is 2.70 bits per heavy atom. The number of nitrogens with two attached hydrogens (primary N) is 1. The van der Waals surface area contributed by atoms with E-state index in [2.05, 4.69) is 10.6 Å². The van der Waals surface area contributed by atoms with E-state index in [4.69, 9.17) is 10.5 Å². The zero-order chi connectivity index (χ0) is 15.0. The van der Waals surface area contributed by atoms with Crippen LogP contribution in [0.2, 0.25) is 0 Å². The van der Waals surface area contributed by atoms with Crippen molar-refractivity contribution < 1.29 is 14.3 Å². The molecule has 0 fully saturated rings. The van der Waals surface area contributed by atoms with Crippen LogP contribution in [-0.2, 0) is 9.53 Å². The summed E-state index contributed by atoms with van der Waals surface area (Å²) in [6.07, 6.45) is 0. The van der Waals surface area contributed by atoms with Crippen LogP contribution < -0.4 is 16.4 Å². The summed E-state index contributed by atoms with van der Waals surface area (Å²) in [6.45, 7) is 5.19. The summed E-state index contributed by atoms with van der Waals surface area (Å²) in [5.74, 6) is -0.681. The van der Waals surface area contributed by atoms with E-state index in [0.717, 1.165) is 17.8 Å². The van der Waals surface area contributed by atoms with Gasteiger partial charge in [-0.2, -0.15) is 0 Å². The predicted molar refractivity (Wildman–Crippen MR) is 77.7 cm³/mol. The molecule has 1 aromatic rings. The van der Waals surface area contributed by atoms with Gasteiger partial charge in [-0.1, -0.05) is 0 Å². The molecule has 0 aliphatic heterocycles. The zero-order valence-electron chi connectivity index (χ0n) is 11.9. The Bertz CT molecular complexity index is 475. The van der Waals surface area contributed by atoms with Crippen LogP contribution in [0.15, 0.2) is 18.2 Å². The molecule has 6 nitrogen and oxygen atoms in total. The van der Waals surface area contributed by atoms with Gasteiger partial charge in [-0.05, 0) is 37.6 Å². The lowest BCUT2D eigenvalue weighted by Gasteiger charge is -2.10. The van der Waals surface area contributed by atoms with Crippen LogP contribution in [0, 0.1) is 6.92 Å². The molecule has 4 N–H and O–H groups in total. The molecule has 0 saturated heterocycles. The standard InChI is InChI=1S/C14H21N3O3/c1-3-16-11-4-5-12(10(2)8-11)14(19)17-6-7-20-9-13(15)18/h4-5,8,16H,3,6-7,9H2,1-2H3,(H2,15,18)(H,17,19). The number of nitrogens with one attached hydrogen (secondary N) is 2. The minimum atomic E-state index is -0.522. The van der Waals surface area contributed by atoms with Gasteiger partial charge < -0.3 is 21.1 Å². The van der Waals surface area contributed by atoms with Gasteiger partial charge in [-0.15, -0.1) is 0 Å². The fourth-order valence-corrected chi connectivity index (χ4v) is 1.74. The van der Waals surface area contributed by atoms with Crippen molar-refractivity contribution in [2.75, 3.05) is 31.6 Å². The Kier molecular flexibility index (Phi) is 6.52. The van der Waals surface area contributed by atoms with Gasteiger partial charge in [-0.25, -0.2) is 0 Å². The molecule has 0 saturated carbocycles. The fourth-order valence-electron chi connectivity index (χ4n) is 1.74. The molecule has 0 bridgehead atoms. The quantitative estimate of drug-likeness (QED) is 0.609. The molecule has 2 amide bonds.